The normalized spacial score (nSPS) is 25.5. The van der Waals surface area contributed by atoms with Gasteiger partial charge >= 0.3 is 0 Å². The fourth-order valence-electron chi connectivity index (χ4n) is 5.32. The lowest BCUT2D eigenvalue weighted by Gasteiger charge is -2.31. The van der Waals surface area contributed by atoms with Gasteiger partial charge < -0.3 is 4.89 Å². The minimum absolute atomic E-state index is 0.0924. The van der Waals surface area contributed by atoms with Crippen molar-refractivity contribution in [2.75, 3.05) is 0 Å². The van der Waals surface area contributed by atoms with Gasteiger partial charge in [-0.1, -0.05) is 116 Å². The Bertz CT molecular complexity index is 351. The van der Waals surface area contributed by atoms with Crippen LogP contribution in [0.4, 0.5) is 0 Å². The highest BCUT2D eigenvalue weighted by Crippen LogP contribution is 2.57. The summed E-state index contributed by atoms with van der Waals surface area (Å²) in [6, 6.07) is 0. The molecule has 0 aromatic heterocycles. The maximum absolute atomic E-state index is 13.7. The second-order valence-corrected chi connectivity index (χ2v) is 12.3. The van der Waals surface area contributed by atoms with Crippen molar-refractivity contribution in [2.24, 2.45) is 0 Å². The van der Waals surface area contributed by atoms with Crippen LogP contribution in [-0.4, -0.2) is 16.2 Å². The van der Waals surface area contributed by atoms with Crippen molar-refractivity contribution >= 4 is 7.37 Å². The molecule has 0 spiro atoms. The van der Waals surface area contributed by atoms with Gasteiger partial charge in [-0.25, -0.2) is 0 Å². The van der Waals surface area contributed by atoms with E-state index in [-0.39, 0.29) is 11.3 Å². The molecule has 2 fully saturated rings. The van der Waals surface area contributed by atoms with Crippen LogP contribution < -0.4 is 0 Å². The third-order valence-corrected chi connectivity index (χ3v) is 10.3. The Morgan fingerprint density at radius 3 is 0.815 bits per heavy atom. The average molecular weight is 399 g/mol. The van der Waals surface area contributed by atoms with Gasteiger partial charge in [0.2, 0.25) is 7.37 Å². The van der Waals surface area contributed by atoms with Crippen LogP contribution in [0.25, 0.3) is 0 Å². The molecule has 2 nitrogen and oxygen atoms in total. The molecule has 0 bridgehead atoms. The van der Waals surface area contributed by atoms with Gasteiger partial charge in [0.1, 0.15) is 0 Å². The predicted molar refractivity (Wildman–Crippen MR) is 119 cm³/mol. The Labute approximate surface area is 169 Å². The maximum Gasteiger partial charge on any atom is 0.206 e. The second-order valence-electron chi connectivity index (χ2n) is 9.50. The maximum atomic E-state index is 13.7. The Kier molecular flexibility index (Phi) is 12.4. The zero-order valence-corrected chi connectivity index (χ0v) is 18.9. The smallest absolute Gasteiger partial charge is 0.206 e. The molecule has 160 valence electrons. The fraction of sp³-hybridized carbons (Fsp3) is 1.00. The van der Waals surface area contributed by atoms with E-state index in [2.05, 4.69) is 0 Å². The minimum atomic E-state index is -3.05. The lowest BCUT2D eigenvalue weighted by Crippen LogP contribution is -2.20. The van der Waals surface area contributed by atoms with E-state index in [9.17, 15) is 9.46 Å². The number of rotatable bonds is 2. The summed E-state index contributed by atoms with van der Waals surface area (Å²) < 4.78 is 13.7. The molecule has 0 unspecified atom stereocenters. The van der Waals surface area contributed by atoms with E-state index >= 15 is 0 Å². The molecular formula is C24H47O2P. The van der Waals surface area contributed by atoms with Crippen LogP contribution in [0.15, 0.2) is 0 Å². The van der Waals surface area contributed by atoms with Gasteiger partial charge in [0, 0.05) is 11.3 Å². The Morgan fingerprint density at radius 2 is 0.593 bits per heavy atom. The minimum Gasteiger partial charge on any atom is -0.344 e. The quantitative estimate of drug-likeness (QED) is 0.473. The summed E-state index contributed by atoms with van der Waals surface area (Å²) >= 11 is 0. The van der Waals surface area contributed by atoms with E-state index in [4.69, 9.17) is 0 Å². The van der Waals surface area contributed by atoms with Crippen molar-refractivity contribution in [3.8, 4) is 0 Å². The molecule has 2 rings (SSSR count). The lowest BCUT2D eigenvalue weighted by atomic mass is 10.0. The summed E-state index contributed by atoms with van der Waals surface area (Å²) in [6.45, 7) is 0. The molecule has 3 heteroatoms. The molecule has 2 aliphatic carbocycles. The molecule has 0 aliphatic heterocycles. The van der Waals surface area contributed by atoms with Crippen LogP contribution in [0, 0.1) is 0 Å². The van der Waals surface area contributed by atoms with E-state index in [1.54, 1.807) is 0 Å². The van der Waals surface area contributed by atoms with Crippen molar-refractivity contribution in [2.45, 2.75) is 153 Å². The third-order valence-electron chi connectivity index (χ3n) is 7.20. The Morgan fingerprint density at radius 1 is 0.407 bits per heavy atom. The van der Waals surface area contributed by atoms with E-state index in [1.165, 1.54) is 116 Å². The van der Waals surface area contributed by atoms with Gasteiger partial charge in [0.05, 0.1) is 0 Å². The zero-order valence-electron chi connectivity index (χ0n) is 18.0. The highest BCUT2D eigenvalue weighted by atomic mass is 31.2. The molecule has 1 N–H and O–H groups in total. The molecule has 0 aromatic carbocycles. The van der Waals surface area contributed by atoms with Gasteiger partial charge in [-0.15, -0.1) is 0 Å². The first-order chi connectivity index (χ1) is 13.2. The van der Waals surface area contributed by atoms with Gasteiger partial charge in [-0.2, -0.15) is 0 Å². The first-order valence-electron chi connectivity index (χ1n) is 12.5. The standard InChI is InChI=1S/C24H47O2P/c25-27(26,23-19-15-11-7-3-1-4-8-12-16-20-23)24-21-17-13-9-5-2-6-10-14-18-22-24/h23-24H,1-22H2,(H,25,26). The predicted octanol–water partition coefficient (Wildman–Crippen LogP) is 8.60. The van der Waals surface area contributed by atoms with Crippen LogP contribution in [0.3, 0.4) is 0 Å². The van der Waals surface area contributed by atoms with Crippen LogP contribution in [0.5, 0.6) is 0 Å². The molecule has 0 aromatic rings. The first-order valence-corrected chi connectivity index (χ1v) is 14.3. The van der Waals surface area contributed by atoms with Crippen LogP contribution in [0.2, 0.25) is 0 Å². The van der Waals surface area contributed by atoms with Crippen LogP contribution in [0.1, 0.15) is 141 Å². The molecule has 0 heterocycles. The summed E-state index contributed by atoms with van der Waals surface area (Å²) in [7, 11) is -3.05. The topological polar surface area (TPSA) is 37.3 Å². The van der Waals surface area contributed by atoms with Gasteiger partial charge in [0.15, 0.2) is 0 Å². The molecule has 2 saturated carbocycles. The molecule has 0 radical (unpaired) electrons. The highest BCUT2D eigenvalue weighted by Gasteiger charge is 2.37. The molecule has 0 atom stereocenters. The SMILES string of the molecule is O=P(O)(C1CCCCCCCCCCC1)C1CCCCCCCCCCC1. The van der Waals surface area contributed by atoms with Crippen molar-refractivity contribution in [3.63, 3.8) is 0 Å². The highest BCUT2D eigenvalue weighted by molar-refractivity contribution is 7.59. The van der Waals surface area contributed by atoms with Crippen molar-refractivity contribution < 1.29 is 9.46 Å². The largest absolute Gasteiger partial charge is 0.344 e. The molecule has 27 heavy (non-hydrogen) atoms. The summed E-state index contributed by atoms with van der Waals surface area (Å²) in [4.78, 5) is 11.3. The van der Waals surface area contributed by atoms with Gasteiger partial charge in [0.25, 0.3) is 0 Å². The van der Waals surface area contributed by atoms with Crippen LogP contribution in [-0.2, 0) is 4.57 Å². The first kappa shape index (κ1) is 23.5. The molecular weight excluding hydrogens is 351 g/mol. The van der Waals surface area contributed by atoms with Crippen molar-refractivity contribution in [1.82, 2.24) is 0 Å². The van der Waals surface area contributed by atoms with E-state index in [1.807, 2.05) is 0 Å². The lowest BCUT2D eigenvalue weighted by molar-refractivity contribution is 0.404. The molecule has 0 saturated heterocycles. The van der Waals surface area contributed by atoms with E-state index in [0.29, 0.717) is 0 Å². The summed E-state index contributed by atoms with van der Waals surface area (Å²) in [5.74, 6) is 0. The zero-order chi connectivity index (χ0) is 19.2. The fourth-order valence-corrected chi connectivity index (χ4v) is 8.13. The second kappa shape index (κ2) is 14.2. The molecule has 0 amide bonds. The summed E-state index contributed by atoms with van der Waals surface area (Å²) in [5, 5.41) is 0. The van der Waals surface area contributed by atoms with Crippen molar-refractivity contribution in [1.29, 1.82) is 0 Å². The molecule has 2 aliphatic rings. The van der Waals surface area contributed by atoms with Crippen LogP contribution >= 0.6 is 7.37 Å². The number of hydrogen-bond acceptors (Lipinski definition) is 1. The average Bonchev–Trinajstić information content (AvgIpc) is 2.62. The van der Waals surface area contributed by atoms with E-state index in [0.717, 1.165) is 25.7 Å². The summed E-state index contributed by atoms with van der Waals surface area (Å²) in [6.07, 6.45) is 27.3. The van der Waals surface area contributed by atoms with Crippen molar-refractivity contribution in [3.05, 3.63) is 0 Å². The van der Waals surface area contributed by atoms with Gasteiger partial charge in [-0.05, 0) is 25.7 Å². The van der Waals surface area contributed by atoms with Gasteiger partial charge in [-0.3, -0.25) is 4.57 Å². The Balaban J connectivity index is 1.96. The Hall–Kier alpha value is 0.190. The van der Waals surface area contributed by atoms with E-state index < -0.39 is 7.37 Å². The summed E-state index contributed by atoms with van der Waals surface area (Å²) in [5.41, 5.74) is 0.185. The third kappa shape index (κ3) is 9.49. The number of hydrogen-bond donors (Lipinski definition) is 1. The monoisotopic (exact) mass is 398 g/mol.